The van der Waals surface area contributed by atoms with Crippen LogP contribution in [0.15, 0.2) is 60.7 Å². The number of hydrogen-bond acceptors (Lipinski definition) is 3. The van der Waals surface area contributed by atoms with E-state index in [1.165, 1.54) is 0 Å². The third-order valence-electron chi connectivity index (χ3n) is 6.69. The van der Waals surface area contributed by atoms with Crippen LogP contribution in [0.2, 0.25) is 20.1 Å². The highest BCUT2D eigenvalue weighted by Crippen LogP contribution is 2.36. The second-order valence-corrected chi connectivity index (χ2v) is 10.7. The molecule has 0 radical (unpaired) electrons. The standard InChI is InChI=1S/C28H28Cl4N2O2.ClH/c29-24-9-7-22(28(33)35)27(32)23(24)16-19(18-6-8-25(30)26(31)17-18)10-13-34-14-11-21(12-15-34)36-20-4-2-1-3-5-20;/h1-9,17,19,21H,10-16H2,(H2,33,35);1H. The Morgan fingerprint density at radius 2 is 1.62 bits per heavy atom. The molecule has 1 saturated heterocycles. The van der Waals surface area contributed by atoms with E-state index in [2.05, 4.69) is 4.90 Å². The molecule has 1 amide bonds. The number of primary amides is 1. The van der Waals surface area contributed by atoms with Gasteiger partial charge in [-0.15, -0.1) is 12.4 Å². The highest BCUT2D eigenvalue weighted by molar-refractivity contribution is 6.42. The summed E-state index contributed by atoms with van der Waals surface area (Å²) in [6.07, 6.45) is 3.58. The molecular weight excluding hydrogens is 574 g/mol. The van der Waals surface area contributed by atoms with E-state index in [-0.39, 0.29) is 30.0 Å². The molecule has 3 aromatic carbocycles. The lowest BCUT2D eigenvalue weighted by molar-refractivity contribution is 0.0986. The van der Waals surface area contributed by atoms with Gasteiger partial charge in [-0.25, -0.2) is 0 Å². The van der Waals surface area contributed by atoms with E-state index in [1.54, 1.807) is 12.1 Å². The molecule has 37 heavy (non-hydrogen) atoms. The predicted octanol–water partition coefficient (Wildman–Crippen LogP) is 8.08. The zero-order valence-corrected chi connectivity index (χ0v) is 24.0. The zero-order valence-electron chi connectivity index (χ0n) is 20.1. The number of nitrogens with zero attached hydrogens (tertiary/aromatic N) is 1. The minimum Gasteiger partial charge on any atom is -0.490 e. The molecule has 198 valence electrons. The maximum Gasteiger partial charge on any atom is 0.250 e. The number of halogens is 5. The minimum absolute atomic E-state index is 0. The molecule has 1 aliphatic rings. The van der Waals surface area contributed by atoms with Crippen molar-refractivity contribution < 1.29 is 9.53 Å². The average Bonchev–Trinajstić information content (AvgIpc) is 2.86. The fourth-order valence-corrected chi connectivity index (χ4v) is 5.58. The van der Waals surface area contributed by atoms with E-state index in [0.29, 0.717) is 32.1 Å². The Labute approximate surface area is 244 Å². The van der Waals surface area contributed by atoms with E-state index in [9.17, 15) is 4.79 Å². The van der Waals surface area contributed by atoms with Gasteiger partial charge in [-0.1, -0.05) is 70.7 Å². The van der Waals surface area contributed by atoms with Crippen molar-refractivity contribution in [2.45, 2.75) is 37.7 Å². The van der Waals surface area contributed by atoms with Crippen LogP contribution in [-0.4, -0.2) is 36.5 Å². The number of piperidine rings is 1. The van der Waals surface area contributed by atoms with Gasteiger partial charge in [-0.2, -0.15) is 0 Å². The quantitative estimate of drug-likeness (QED) is 0.269. The number of nitrogens with two attached hydrogens (primary N) is 1. The number of carbonyl (C=O) groups is 1. The van der Waals surface area contributed by atoms with Gasteiger partial charge in [-0.3, -0.25) is 4.79 Å². The SMILES string of the molecule is Cl.NC(=O)c1ccc(Cl)c(CC(CCN2CCC(Oc3ccccc3)CC2)c2ccc(Cl)c(Cl)c2)c1Cl. The first-order valence-corrected chi connectivity index (χ1v) is 13.5. The number of ether oxygens (including phenoxy) is 1. The van der Waals surface area contributed by atoms with Crippen LogP contribution in [0.4, 0.5) is 0 Å². The molecule has 0 aliphatic carbocycles. The number of amides is 1. The van der Waals surface area contributed by atoms with Gasteiger partial charge < -0.3 is 15.4 Å². The topological polar surface area (TPSA) is 55.6 Å². The molecule has 0 bridgehead atoms. The molecule has 1 atom stereocenters. The Hall–Kier alpha value is -1.66. The molecule has 0 saturated carbocycles. The zero-order chi connectivity index (χ0) is 25.7. The fraction of sp³-hybridized carbons (Fsp3) is 0.321. The maximum atomic E-state index is 11.8. The number of hydrogen-bond donors (Lipinski definition) is 1. The molecule has 2 N–H and O–H groups in total. The number of para-hydroxylation sites is 1. The van der Waals surface area contributed by atoms with Crippen LogP contribution in [0, 0.1) is 0 Å². The highest BCUT2D eigenvalue weighted by atomic mass is 35.5. The maximum absolute atomic E-state index is 11.8. The second-order valence-electron chi connectivity index (χ2n) is 9.09. The lowest BCUT2D eigenvalue weighted by atomic mass is 9.88. The Morgan fingerprint density at radius 1 is 0.946 bits per heavy atom. The van der Waals surface area contributed by atoms with Gasteiger partial charge in [0, 0.05) is 18.1 Å². The molecular formula is C28H29Cl5N2O2. The van der Waals surface area contributed by atoms with Gasteiger partial charge in [-0.05, 0) is 85.7 Å². The lowest BCUT2D eigenvalue weighted by Gasteiger charge is -2.33. The van der Waals surface area contributed by atoms with Gasteiger partial charge in [0.2, 0.25) is 5.91 Å². The molecule has 1 aliphatic heterocycles. The fourth-order valence-electron chi connectivity index (χ4n) is 4.66. The van der Waals surface area contributed by atoms with Crippen LogP contribution in [0.3, 0.4) is 0 Å². The summed E-state index contributed by atoms with van der Waals surface area (Å²) in [4.78, 5) is 14.3. The third-order valence-corrected chi connectivity index (χ3v) is 8.22. The summed E-state index contributed by atoms with van der Waals surface area (Å²) >= 11 is 25.6. The van der Waals surface area contributed by atoms with Crippen molar-refractivity contribution in [2.75, 3.05) is 19.6 Å². The van der Waals surface area contributed by atoms with Crippen LogP contribution in [-0.2, 0) is 6.42 Å². The molecule has 9 heteroatoms. The normalized spacial score (nSPS) is 15.1. The van der Waals surface area contributed by atoms with Gasteiger partial charge >= 0.3 is 0 Å². The van der Waals surface area contributed by atoms with Crippen LogP contribution in [0.5, 0.6) is 5.75 Å². The summed E-state index contributed by atoms with van der Waals surface area (Å²) in [6.45, 7) is 2.82. The minimum atomic E-state index is -0.579. The lowest BCUT2D eigenvalue weighted by Crippen LogP contribution is -2.39. The van der Waals surface area contributed by atoms with Crippen LogP contribution < -0.4 is 10.5 Å². The highest BCUT2D eigenvalue weighted by Gasteiger charge is 2.24. The van der Waals surface area contributed by atoms with E-state index in [4.69, 9.17) is 56.9 Å². The average molecular weight is 603 g/mol. The van der Waals surface area contributed by atoms with E-state index in [0.717, 1.165) is 50.2 Å². The Morgan fingerprint density at radius 3 is 2.27 bits per heavy atom. The van der Waals surface area contributed by atoms with Crippen molar-refractivity contribution in [3.63, 3.8) is 0 Å². The van der Waals surface area contributed by atoms with Gasteiger partial charge in [0.15, 0.2) is 0 Å². The first kappa shape index (κ1) is 29.9. The van der Waals surface area contributed by atoms with E-state index in [1.807, 2.05) is 48.5 Å². The summed E-state index contributed by atoms with van der Waals surface area (Å²) in [5.74, 6) is 0.406. The van der Waals surface area contributed by atoms with Crippen molar-refractivity contribution in [3.8, 4) is 5.75 Å². The van der Waals surface area contributed by atoms with Crippen LogP contribution >= 0.6 is 58.8 Å². The molecule has 0 aromatic heterocycles. The Kier molecular flexibility index (Phi) is 11.3. The van der Waals surface area contributed by atoms with Crippen molar-refractivity contribution in [3.05, 3.63) is 97.4 Å². The number of rotatable bonds is 9. The van der Waals surface area contributed by atoms with Gasteiger partial charge in [0.25, 0.3) is 0 Å². The molecule has 0 spiro atoms. The number of carbonyl (C=O) groups excluding carboxylic acids is 1. The molecule has 4 nitrogen and oxygen atoms in total. The summed E-state index contributed by atoms with van der Waals surface area (Å²) in [5, 5.41) is 1.82. The largest absolute Gasteiger partial charge is 0.490 e. The van der Waals surface area contributed by atoms with Crippen molar-refractivity contribution >= 4 is 64.7 Å². The number of benzene rings is 3. The second kappa shape index (κ2) is 13.9. The molecule has 1 heterocycles. The smallest absolute Gasteiger partial charge is 0.250 e. The molecule has 3 aromatic rings. The first-order valence-electron chi connectivity index (χ1n) is 12.0. The van der Waals surface area contributed by atoms with Crippen molar-refractivity contribution in [2.24, 2.45) is 5.73 Å². The number of likely N-dealkylation sites (tertiary alicyclic amines) is 1. The van der Waals surface area contributed by atoms with Crippen molar-refractivity contribution in [1.82, 2.24) is 4.90 Å². The third kappa shape index (κ3) is 7.92. The molecule has 1 unspecified atom stereocenters. The summed E-state index contributed by atoms with van der Waals surface area (Å²) in [6, 6.07) is 18.9. The van der Waals surface area contributed by atoms with Crippen LogP contribution in [0.25, 0.3) is 0 Å². The summed E-state index contributed by atoms with van der Waals surface area (Å²) in [5.41, 5.74) is 7.53. The van der Waals surface area contributed by atoms with Gasteiger partial charge in [0.05, 0.1) is 20.6 Å². The van der Waals surface area contributed by atoms with Gasteiger partial charge in [0.1, 0.15) is 11.9 Å². The molecule has 1 fully saturated rings. The first-order chi connectivity index (χ1) is 17.3. The summed E-state index contributed by atoms with van der Waals surface area (Å²) in [7, 11) is 0. The molecule has 4 rings (SSSR count). The Bertz CT molecular complexity index is 1200. The van der Waals surface area contributed by atoms with E-state index >= 15 is 0 Å². The predicted molar refractivity (Wildman–Crippen MR) is 156 cm³/mol. The van der Waals surface area contributed by atoms with Crippen molar-refractivity contribution in [1.29, 1.82) is 0 Å². The van der Waals surface area contributed by atoms with Crippen LogP contribution in [0.1, 0.15) is 46.7 Å². The summed E-state index contributed by atoms with van der Waals surface area (Å²) < 4.78 is 6.14. The Balaban J connectivity index is 0.00000380. The van der Waals surface area contributed by atoms with E-state index < -0.39 is 5.91 Å². The monoisotopic (exact) mass is 600 g/mol.